The van der Waals surface area contributed by atoms with E-state index in [-0.39, 0.29) is 6.04 Å². The summed E-state index contributed by atoms with van der Waals surface area (Å²) in [6.45, 7) is 0.884. The lowest BCUT2D eigenvalue weighted by Crippen LogP contribution is -2.31. The average molecular weight is 319 g/mol. The zero-order valence-corrected chi connectivity index (χ0v) is 13.4. The van der Waals surface area contributed by atoms with Crippen molar-refractivity contribution in [3.8, 4) is 11.5 Å². The van der Waals surface area contributed by atoms with Crippen molar-refractivity contribution in [1.29, 1.82) is 0 Å². The maximum absolute atomic E-state index is 6.16. The van der Waals surface area contributed by atoms with Crippen molar-refractivity contribution >= 4 is 17.3 Å². The van der Waals surface area contributed by atoms with E-state index in [2.05, 4.69) is 5.32 Å². The largest absolute Gasteiger partial charge is 0.493 e. The van der Waals surface area contributed by atoms with Crippen LogP contribution in [-0.2, 0) is 6.42 Å². The van der Waals surface area contributed by atoms with E-state index in [4.69, 9.17) is 26.8 Å². The van der Waals surface area contributed by atoms with Crippen molar-refractivity contribution in [1.82, 2.24) is 5.32 Å². The van der Waals surface area contributed by atoms with Crippen LogP contribution < -0.4 is 20.5 Å². The fraction of sp³-hybridized carbons (Fsp3) is 0.294. The van der Waals surface area contributed by atoms with Crippen LogP contribution in [0.4, 0.5) is 5.69 Å². The highest BCUT2D eigenvalue weighted by atomic mass is 35.5. The molecular weight excluding hydrogens is 300 g/mol. The predicted octanol–water partition coefficient (Wildman–Crippen LogP) is 3.17. The molecule has 4 nitrogen and oxygen atoms in total. The molecule has 0 saturated heterocycles. The topological polar surface area (TPSA) is 56.5 Å². The predicted molar refractivity (Wildman–Crippen MR) is 89.0 cm³/mol. The van der Waals surface area contributed by atoms with Gasteiger partial charge in [-0.15, -0.1) is 0 Å². The monoisotopic (exact) mass is 318 g/mol. The first-order valence-corrected chi connectivity index (χ1v) is 7.55. The number of anilines is 1. The van der Waals surface area contributed by atoms with Crippen molar-refractivity contribution < 1.29 is 9.47 Å². The Hall–Kier alpha value is -1.91. The molecule has 0 spiro atoms. The molecule has 0 amide bonds. The third-order valence-electron chi connectivity index (χ3n) is 4.06. The van der Waals surface area contributed by atoms with Crippen LogP contribution in [0, 0.1) is 0 Å². The molecule has 2 aromatic rings. The molecule has 22 heavy (non-hydrogen) atoms. The Labute approximate surface area is 135 Å². The average Bonchev–Trinajstić information content (AvgIpc) is 2.53. The number of ether oxygens (including phenoxy) is 2. The lowest BCUT2D eigenvalue weighted by atomic mass is 9.88. The second-order valence-electron chi connectivity index (χ2n) is 5.32. The summed E-state index contributed by atoms with van der Waals surface area (Å²) in [4.78, 5) is 0. The molecule has 0 radical (unpaired) electrons. The quantitative estimate of drug-likeness (QED) is 0.853. The minimum absolute atomic E-state index is 0.0285. The molecule has 0 bridgehead atoms. The molecule has 1 aliphatic heterocycles. The van der Waals surface area contributed by atoms with Gasteiger partial charge in [-0.3, -0.25) is 0 Å². The molecule has 0 fully saturated rings. The summed E-state index contributed by atoms with van der Waals surface area (Å²) in [6, 6.07) is 9.73. The first kappa shape index (κ1) is 15.0. The lowest BCUT2D eigenvalue weighted by molar-refractivity contribution is 0.353. The van der Waals surface area contributed by atoms with Crippen LogP contribution in [0.1, 0.15) is 22.7 Å². The van der Waals surface area contributed by atoms with E-state index in [9.17, 15) is 0 Å². The molecule has 0 aromatic heterocycles. The second kappa shape index (κ2) is 6.07. The van der Waals surface area contributed by atoms with E-state index in [1.54, 1.807) is 20.3 Å². The zero-order valence-electron chi connectivity index (χ0n) is 12.7. The minimum Gasteiger partial charge on any atom is -0.493 e. The van der Waals surface area contributed by atoms with Gasteiger partial charge in [0, 0.05) is 17.3 Å². The number of benzene rings is 2. The van der Waals surface area contributed by atoms with Gasteiger partial charge in [0.25, 0.3) is 0 Å². The van der Waals surface area contributed by atoms with Crippen LogP contribution in [0.25, 0.3) is 0 Å². The molecule has 116 valence electrons. The first-order valence-electron chi connectivity index (χ1n) is 7.17. The summed E-state index contributed by atoms with van der Waals surface area (Å²) >= 11 is 6.01. The number of nitrogens with one attached hydrogen (secondary N) is 1. The molecule has 1 heterocycles. The maximum Gasteiger partial charge on any atom is 0.161 e. The van der Waals surface area contributed by atoms with Crippen molar-refractivity contribution in [2.24, 2.45) is 0 Å². The van der Waals surface area contributed by atoms with Gasteiger partial charge < -0.3 is 20.5 Å². The number of hydrogen-bond acceptors (Lipinski definition) is 4. The van der Waals surface area contributed by atoms with E-state index in [0.717, 1.165) is 35.6 Å². The van der Waals surface area contributed by atoms with Crippen LogP contribution in [0.3, 0.4) is 0 Å². The Morgan fingerprint density at radius 3 is 2.50 bits per heavy atom. The van der Waals surface area contributed by atoms with Gasteiger partial charge in [-0.25, -0.2) is 0 Å². The molecule has 1 atom stereocenters. The van der Waals surface area contributed by atoms with Crippen molar-refractivity contribution in [3.05, 3.63) is 52.0 Å². The fourth-order valence-corrected chi connectivity index (χ4v) is 3.15. The Bertz CT molecular complexity index is 703. The van der Waals surface area contributed by atoms with E-state index < -0.39 is 0 Å². The SMILES string of the molecule is COc1cc2c(cc1OC)[C@H](c1ccc(Cl)cc1N)NCC2. The van der Waals surface area contributed by atoms with Gasteiger partial charge in [0.2, 0.25) is 0 Å². The van der Waals surface area contributed by atoms with Crippen molar-refractivity contribution in [2.75, 3.05) is 26.5 Å². The molecule has 3 N–H and O–H groups in total. The van der Waals surface area contributed by atoms with Gasteiger partial charge in [0.15, 0.2) is 11.5 Å². The molecule has 5 heteroatoms. The van der Waals surface area contributed by atoms with Crippen LogP contribution in [0.5, 0.6) is 11.5 Å². The van der Waals surface area contributed by atoms with Gasteiger partial charge in [0.05, 0.1) is 20.3 Å². The van der Waals surface area contributed by atoms with Gasteiger partial charge in [0.1, 0.15) is 0 Å². The standard InChI is InChI=1S/C17H19ClN2O2/c1-21-15-7-10-5-6-20-17(13(10)9-16(15)22-2)12-4-3-11(18)8-14(12)19/h3-4,7-9,17,20H,5-6,19H2,1-2H3/t17-/m0/s1. The Morgan fingerprint density at radius 1 is 1.09 bits per heavy atom. The van der Waals surface area contributed by atoms with Crippen molar-refractivity contribution in [2.45, 2.75) is 12.5 Å². The molecule has 3 rings (SSSR count). The molecule has 0 aliphatic carbocycles. The molecular formula is C17H19ClN2O2. The Morgan fingerprint density at radius 2 is 1.82 bits per heavy atom. The van der Waals surface area contributed by atoms with E-state index >= 15 is 0 Å². The summed E-state index contributed by atoms with van der Waals surface area (Å²) in [5, 5.41) is 4.16. The number of methoxy groups -OCH3 is 2. The maximum atomic E-state index is 6.16. The fourth-order valence-electron chi connectivity index (χ4n) is 2.97. The smallest absolute Gasteiger partial charge is 0.161 e. The van der Waals surface area contributed by atoms with Gasteiger partial charge >= 0.3 is 0 Å². The normalized spacial score (nSPS) is 17.0. The number of nitrogens with two attached hydrogens (primary N) is 1. The molecule has 0 unspecified atom stereocenters. The summed E-state index contributed by atoms with van der Waals surface area (Å²) in [6.07, 6.45) is 0.944. The van der Waals surface area contributed by atoms with Crippen LogP contribution in [0.2, 0.25) is 5.02 Å². The summed E-state index contributed by atoms with van der Waals surface area (Å²) in [5.74, 6) is 1.48. The highest BCUT2D eigenvalue weighted by molar-refractivity contribution is 6.30. The summed E-state index contributed by atoms with van der Waals surface area (Å²) in [7, 11) is 3.30. The summed E-state index contributed by atoms with van der Waals surface area (Å²) < 4.78 is 10.8. The lowest BCUT2D eigenvalue weighted by Gasteiger charge is -2.29. The number of halogens is 1. The van der Waals surface area contributed by atoms with Crippen molar-refractivity contribution in [3.63, 3.8) is 0 Å². The number of rotatable bonds is 3. The number of nitrogen functional groups attached to an aromatic ring is 1. The van der Waals surface area contributed by atoms with E-state index in [1.165, 1.54) is 5.56 Å². The van der Waals surface area contributed by atoms with Gasteiger partial charge in [-0.1, -0.05) is 17.7 Å². The van der Waals surface area contributed by atoms with Crippen LogP contribution >= 0.6 is 11.6 Å². The highest BCUT2D eigenvalue weighted by Crippen LogP contribution is 2.39. The number of fused-ring (bicyclic) bond motifs is 1. The van der Waals surface area contributed by atoms with E-state index in [1.807, 2.05) is 24.3 Å². The molecule has 1 aliphatic rings. The molecule has 0 saturated carbocycles. The zero-order chi connectivity index (χ0) is 15.7. The minimum atomic E-state index is 0.0285. The van der Waals surface area contributed by atoms with Gasteiger partial charge in [-0.2, -0.15) is 0 Å². The second-order valence-corrected chi connectivity index (χ2v) is 5.75. The molecule has 2 aromatic carbocycles. The Balaban J connectivity index is 2.10. The summed E-state index contributed by atoms with van der Waals surface area (Å²) in [5.41, 5.74) is 10.3. The number of hydrogen-bond donors (Lipinski definition) is 2. The van der Waals surface area contributed by atoms with E-state index in [0.29, 0.717) is 10.7 Å². The highest BCUT2D eigenvalue weighted by Gasteiger charge is 2.25. The third-order valence-corrected chi connectivity index (χ3v) is 4.29. The Kier molecular flexibility index (Phi) is 4.14. The van der Waals surface area contributed by atoms with Crippen LogP contribution in [0.15, 0.2) is 30.3 Å². The first-order chi connectivity index (χ1) is 10.6. The van der Waals surface area contributed by atoms with Gasteiger partial charge in [-0.05, 0) is 47.4 Å². The third kappa shape index (κ3) is 2.60. The van der Waals surface area contributed by atoms with Crippen LogP contribution in [-0.4, -0.2) is 20.8 Å².